The first-order valence-corrected chi connectivity index (χ1v) is 6.90. The highest BCUT2D eigenvalue weighted by molar-refractivity contribution is 5.34. The van der Waals surface area contributed by atoms with Crippen molar-refractivity contribution in [3.05, 3.63) is 47.7 Å². The number of hydrogen-bond acceptors (Lipinski definition) is 5. The number of morpholine rings is 1. The van der Waals surface area contributed by atoms with Crippen molar-refractivity contribution in [2.75, 3.05) is 26.3 Å². The summed E-state index contributed by atoms with van der Waals surface area (Å²) in [6.07, 6.45) is 1.22. The van der Waals surface area contributed by atoms with Gasteiger partial charge in [-0.05, 0) is 18.6 Å². The van der Waals surface area contributed by atoms with Crippen molar-refractivity contribution in [3.8, 4) is 0 Å². The molecule has 5 nitrogen and oxygen atoms in total. The second kappa shape index (κ2) is 5.18. The van der Waals surface area contributed by atoms with E-state index in [1.165, 1.54) is 5.06 Å². The van der Waals surface area contributed by atoms with Gasteiger partial charge in [-0.1, -0.05) is 30.3 Å². The smallest absolute Gasteiger partial charge is 0.146 e. The van der Waals surface area contributed by atoms with Gasteiger partial charge >= 0.3 is 0 Å². The Morgan fingerprint density at radius 2 is 1.85 bits per heavy atom. The Bertz CT molecular complexity index is 499. The minimum Gasteiger partial charge on any atom is -0.379 e. The Labute approximate surface area is 118 Å². The molecule has 2 N–H and O–H groups in total. The Hall–Kier alpha value is -1.40. The average molecular weight is 276 g/mol. The van der Waals surface area contributed by atoms with Gasteiger partial charge in [-0.25, -0.2) is 5.06 Å². The zero-order valence-electron chi connectivity index (χ0n) is 11.6. The highest BCUT2D eigenvalue weighted by atomic mass is 16.5. The molecule has 0 radical (unpaired) electrons. The zero-order chi connectivity index (χ0) is 14.2. The van der Waals surface area contributed by atoms with Gasteiger partial charge in [0.25, 0.3) is 0 Å². The molecular formula is C15H20N2O3. The standard InChI is InChI=1S/C15H20N2O3/c1-12-11-15(18,13-5-3-2-4-6-13)14(17(12)19)16-7-9-20-10-8-16/h2-6,11,14,18-19H,7-10H2,1H3/t14-,15-/m1/s1. The van der Waals surface area contributed by atoms with Crippen LogP contribution in [0.2, 0.25) is 0 Å². The molecule has 1 aromatic rings. The van der Waals surface area contributed by atoms with Crippen LogP contribution in [0.25, 0.3) is 0 Å². The SMILES string of the molecule is CC1=C[C@@](O)(c2ccccc2)[C@H](N2CCOCC2)N1O. The van der Waals surface area contributed by atoms with E-state index in [1.807, 2.05) is 30.3 Å². The third-order valence-electron chi connectivity index (χ3n) is 4.04. The van der Waals surface area contributed by atoms with E-state index >= 15 is 0 Å². The van der Waals surface area contributed by atoms with Crippen molar-refractivity contribution in [1.29, 1.82) is 0 Å². The van der Waals surface area contributed by atoms with E-state index < -0.39 is 11.8 Å². The molecule has 1 fully saturated rings. The highest BCUT2D eigenvalue weighted by Crippen LogP contribution is 2.39. The first-order chi connectivity index (χ1) is 9.63. The van der Waals surface area contributed by atoms with Gasteiger partial charge in [0.1, 0.15) is 11.8 Å². The molecule has 1 aromatic carbocycles. The fraction of sp³-hybridized carbons (Fsp3) is 0.467. The molecule has 0 unspecified atom stereocenters. The number of nitrogens with zero attached hydrogens (tertiary/aromatic N) is 2. The first-order valence-electron chi connectivity index (χ1n) is 6.90. The maximum atomic E-state index is 11.2. The summed E-state index contributed by atoms with van der Waals surface area (Å²) < 4.78 is 5.35. The second-order valence-corrected chi connectivity index (χ2v) is 5.34. The lowest BCUT2D eigenvalue weighted by molar-refractivity contribution is -0.195. The van der Waals surface area contributed by atoms with Crippen molar-refractivity contribution >= 4 is 0 Å². The van der Waals surface area contributed by atoms with Crippen molar-refractivity contribution in [1.82, 2.24) is 9.96 Å². The number of hydroxylamine groups is 2. The van der Waals surface area contributed by atoms with Crippen molar-refractivity contribution in [3.63, 3.8) is 0 Å². The van der Waals surface area contributed by atoms with Gasteiger partial charge in [0.15, 0.2) is 0 Å². The van der Waals surface area contributed by atoms with E-state index in [-0.39, 0.29) is 0 Å². The Morgan fingerprint density at radius 1 is 1.20 bits per heavy atom. The number of benzene rings is 1. The lowest BCUT2D eigenvalue weighted by atomic mass is 9.91. The molecular weight excluding hydrogens is 256 g/mol. The van der Waals surface area contributed by atoms with Crippen LogP contribution in [0.1, 0.15) is 12.5 Å². The molecule has 0 aliphatic carbocycles. The molecule has 0 aromatic heterocycles. The first kappa shape index (κ1) is 13.6. The van der Waals surface area contributed by atoms with Crippen LogP contribution >= 0.6 is 0 Å². The summed E-state index contributed by atoms with van der Waals surface area (Å²) in [5, 5.41) is 22.6. The molecule has 0 amide bonds. The van der Waals surface area contributed by atoms with E-state index in [4.69, 9.17) is 4.74 Å². The van der Waals surface area contributed by atoms with Crippen molar-refractivity contribution in [2.45, 2.75) is 18.7 Å². The van der Waals surface area contributed by atoms with Crippen LogP contribution in [-0.4, -0.2) is 52.7 Å². The fourth-order valence-electron chi connectivity index (χ4n) is 3.03. The summed E-state index contributed by atoms with van der Waals surface area (Å²) in [4.78, 5) is 2.06. The maximum Gasteiger partial charge on any atom is 0.146 e. The van der Waals surface area contributed by atoms with E-state index in [1.54, 1.807) is 13.0 Å². The van der Waals surface area contributed by atoms with Crippen LogP contribution in [0.3, 0.4) is 0 Å². The summed E-state index contributed by atoms with van der Waals surface area (Å²) >= 11 is 0. The molecule has 2 aliphatic rings. The fourth-order valence-corrected chi connectivity index (χ4v) is 3.03. The van der Waals surface area contributed by atoms with Gasteiger partial charge in [-0.15, -0.1) is 0 Å². The highest BCUT2D eigenvalue weighted by Gasteiger charge is 2.49. The molecule has 108 valence electrons. The van der Waals surface area contributed by atoms with Gasteiger partial charge in [-0.2, -0.15) is 0 Å². The molecule has 20 heavy (non-hydrogen) atoms. The number of ether oxygens (including phenoxy) is 1. The lowest BCUT2D eigenvalue weighted by Gasteiger charge is -2.42. The predicted octanol–water partition coefficient (Wildman–Crippen LogP) is 1.14. The topological polar surface area (TPSA) is 56.2 Å². The molecule has 5 heteroatoms. The third-order valence-corrected chi connectivity index (χ3v) is 4.04. The summed E-state index contributed by atoms with van der Waals surface area (Å²) in [6.45, 7) is 4.42. The second-order valence-electron chi connectivity index (χ2n) is 5.34. The van der Waals surface area contributed by atoms with Gasteiger partial charge in [0.05, 0.1) is 13.2 Å². The molecule has 0 bridgehead atoms. The van der Waals surface area contributed by atoms with Gasteiger partial charge < -0.3 is 9.84 Å². The number of rotatable bonds is 2. The van der Waals surface area contributed by atoms with Crippen molar-refractivity contribution in [2.24, 2.45) is 0 Å². The Balaban J connectivity index is 1.98. The van der Waals surface area contributed by atoms with Gasteiger partial charge in [0, 0.05) is 18.8 Å². The minimum absolute atomic E-state index is 0.506. The lowest BCUT2D eigenvalue weighted by Crippen LogP contribution is -2.57. The predicted molar refractivity (Wildman–Crippen MR) is 73.9 cm³/mol. The largest absolute Gasteiger partial charge is 0.379 e. The molecule has 2 atom stereocenters. The van der Waals surface area contributed by atoms with Gasteiger partial charge in [0.2, 0.25) is 0 Å². The zero-order valence-corrected chi connectivity index (χ0v) is 11.6. The molecule has 2 heterocycles. The minimum atomic E-state index is -1.21. The van der Waals surface area contributed by atoms with Crippen molar-refractivity contribution < 1.29 is 15.1 Å². The molecule has 0 saturated carbocycles. The summed E-state index contributed by atoms with van der Waals surface area (Å²) in [7, 11) is 0. The van der Waals surface area contributed by atoms with Crippen LogP contribution in [-0.2, 0) is 10.3 Å². The summed E-state index contributed by atoms with van der Waals surface area (Å²) in [5.74, 6) is 0. The third kappa shape index (κ3) is 2.13. The van der Waals surface area contributed by atoms with E-state index in [2.05, 4.69) is 4.90 Å². The number of allylic oxidation sites excluding steroid dienone is 1. The van der Waals surface area contributed by atoms with Gasteiger partial charge in [-0.3, -0.25) is 10.1 Å². The molecule has 3 rings (SSSR count). The molecule has 0 spiro atoms. The number of hydrogen-bond donors (Lipinski definition) is 2. The molecule has 1 saturated heterocycles. The Kier molecular flexibility index (Phi) is 3.52. The van der Waals surface area contributed by atoms with Crippen LogP contribution in [0, 0.1) is 0 Å². The molecule has 2 aliphatic heterocycles. The van der Waals surface area contributed by atoms with E-state index in [0.717, 1.165) is 5.56 Å². The monoisotopic (exact) mass is 276 g/mol. The van der Waals surface area contributed by atoms with E-state index in [0.29, 0.717) is 32.0 Å². The number of aliphatic hydroxyl groups is 1. The van der Waals surface area contributed by atoms with Crippen LogP contribution in [0.5, 0.6) is 0 Å². The summed E-state index contributed by atoms with van der Waals surface area (Å²) in [6, 6.07) is 9.48. The average Bonchev–Trinajstić information content (AvgIpc) is 2.72. The van der Waals surface area contributed by atoms with Crippen LogP contribution in [0.15, 0.2) is 42.1 Å². The van der Waals surface area contributed by atoms with Crippen LogP contribution in [0.4, 0.5) is 0 Å². The maximum absolute atomic E-state index is 11.2. The quantitative estimate of drug-likeness (QED) is 0.848. The summed E-state index contributed by atoms with van der Waals surface area (Å²) in [5.41, 5.74) is 0.234. The Morgan fingerprint density at radius 3 is 2.50 bits per heavy atom. The van der Waals surface area contributed by atoms with Crippen LogP contribution < -0.4 is 0 Å². The normalized spacial score (nSPS) is 31.4. The van der Waals surface area contributed by atoms with E-state index in [9.17, 15) is 10.3 Å².